The third kappa shape index (κ3) is 2.55. The molecule has 0 spiro atoms. The Labute approximate surface area is 107 Å². The number of hydrogen-bond acceptors (Lipinski definition) is 4. The van der Waals surface area contributed by atoms with Crippen LogP contribution in [0.5, 0.6) is 0 Å². The van der Waals surface area contributed by atoms with E-state index in [1.54, 1.807) is 6.07 Å². The minimum Gasteiger partial charge on any atom is -0.397 e. The minimum absolute atomic E-state index is 0.417. The first-order valence-corrected chi connectivity index (χ1v) is 5.67. The summed E-state index contributed by atoms with van der Waals surface area (Å²) in [5.41, 5.74) is 7.31. The molecule has 4 nitrogen and oxygen atoms in total. The lowest BCUT2D eigenvalue weighted by Gasteiger charge is -2.09. The van der Waals surface area contributed by atoms with Gasteiger partial charge in [0.2, 0.25) is 0 Å². The van der Waals surface area contributed by atoms with Crippen LogP contribution < -0.4 is 11.1 Å². The topological polar surface area (TPSA) is 74.7 Å². The maximum absolute atomic E-state index is 8.99. The van der Waals surface area contributed by atoms with Crippen molar-refractivity contribution in [2.75, 3.05) is 11.1 Å². The number of para-hydroxylation sites is 1. The minimum atomic E-state index is 0.417. The quantitative estimate of drug-likeness (QED) is 0.891. The maximum Gasteiger partial charge on any atom is 0.148 e. The fourth-order valence-electron chi connectivity index (χ4n) is 1.36. The average molecular weight is 289 g/mol. The summed E-state index contributed by atoms with van der Waals surface area (Å²) in [5, 5.41) is 12.1. The highest BCUT2D eigenvalue weighted by molar-refractivity contribution is 9.10. The van der Waals surface area contributed by atoms with Gasteiger partial charge in [0, 0.05) is 4.47 Å². The highest BCUT2D eigenvalue weighted by Crippen LogP contribution is 2.26. The monoisotopic (exact) mass is 288 g/mol. The largest absolute Gasteiger partial charge is 0.397 e. The molecule has 0 aliphatic heterocycles. The third-order valence-electron chi connectivity index (χ3n) is 2.16. The molecule has 0 atom stereocenters. The molecule has 0 saturated heterocycles. The standard InChI is InChI=1S/C12H9BrN4/c13-10-3-1-2-4-11(10)17-12-8(6-14)5-9(15)7-16-12/h1-5,7H,15H2,(H,16,17). The van der Waals surface area contributed by atoms with Crippen LogP contribution in [0.25, 0.3) is 0 Å². The van der Waals surface area contributed by atoms with Gasteiger partial charge in [0.1, 0.15) is 11.9 Å². The first-order valence-electron chi connectivity index (χ1n) is 4.88. The molecule has 17 heavy (non-hydrogen) atoms. The molecule has 3 N–H and O–H groups in total. The van der Waals surface area contributed by atoms with Crippen LogP contribution in [0.1, 0.15) is 5.56 Å². The van der Waals surface area contributed by atoms with E-state index in [0.29, 0.717) is 17.1 Å². The molecule has 1 heterocycles. The molecule has 1 aromatic heterocycles. The maximum atomic E-state index is 8.99. The molecule has 0 amide bonds. The number of benzene rings is 1. The molecule has 0 saturated carbocycles. The summed E-state index contributed by atoms with van der Waals surface area (Å²) in [6, 6.07) is 11.3. The number of anilines is 3. The van der Waals surface area contributed by atoms with E-state index >= 15 is 0 Å². The summed E-state index contributed by atoms with van der Waals surface area (Å²) in [6.45, 7) is 0. The molecular formula is C12H9BrN4. The van der Waals surface area contributed by atoms with E-state index in [0.717, 1.165) is 10.2 Å². The predicted octanol–water partition coefficient (Wildman–Crippen LogP) is 3.04. The average Bonchev–Trinajstić information content (AvgIpc) is 2.34. The summed E-state index contributed by atoms with van der Waals surface area (Å²) in [4.78, 5) is 4.11. The molecule has 2 rings (SSSR count). The molecule has 1 aromatic carbocycles. The lowest BCUT2D eigenvalue weighted by Crippen LogP contribution is -1.99. The zero-order valence-corrected chi connectivity index (χ0v) is 10.4. The zero-order valence-electron chi connectivity index (χ0n) is 8.81. The van der Waals surface area contributed by atoms with Crippen LogP contribution in [0.2, 0.25) is 0 Å². The number of nitriles is 1. The fraction of sp³-hybridized carbons (Fsp3) is 0. The van der Waals surface area contributed by atoms with Crippen LogP contribution in [0.4, 0.5) is 17.2 Å². The van der Waals surface area contributed by atoms with Crippen LogP contribution in [-0.2, 0) is 0 Å². The van der Waals surface area contributed by atoms with E-state index in [1.165, 1.54) is 6.20 Å². The van der Waals surface area contributed by atoms with E-state index in [1.807, 2.05) is 24.3 Å². The lowest BCUT2D eigenvalue weighted by molar-refractivity contribution is 1.28. The van der Waals surface area contributed by atoms with Crippen molar-refractivity contribution in [3.05, 3.63) is 46.6 Å². The van der Waals surface area contributed by atoms with E-state index in [9.17, 15) is 0 Å². The molecule has 84 valence electrons. The van der Waals surface area contributed by atoms with E-state index in [4.69, 9.17) is 11.0 Å². The van der Waals surface area contributed by atoms with E-state index < -0.39 is 0 Å². The SMILES string of the molecule is N#Cc1cc(N)cnc1Nc1ccccc1Br. The predicted molar refractivity (Wildman–Crippen MR) is 70.8 cm³/mol. The van der Waals surface area contributed by atoms with Crippen LogP contribution in [0.3, 0.4) is 0 Å². The molecule has 5 heteroatoms. The van der Waals surface area contributed by atoms with E-state index in [-0.39, 0.29) is 0 Å². The van der Waals surface area contributed by atoms with Crippen molar-refractivity contribution in [2.24, 2.45) is 0 Å². The van der Waals surface area contributed by atoms with Gasteiger partial charge in [0.25, 0.3) is 0 Å². The van der Waals surface area contributed by atoms with Crippen LogP contribution in [0, 0.1) is 11.3 Å². The summed E-state index contributed by atoms with van der Waals surface area (Å²) < 4.78 is 0.905. The van der Waals surface area contributed by atoms with Crippen molar-refractivity contribution < 1.29 is 0 Å². The number of nitrogens with zero attached hydrogens (tertiary/aromatic N) is 2. The molecule has 0 radical (unpaired) electrons. The van der Waals surface area contributed by atoms with Crippen molar-refractivity contribution in [3.63, 3.8) is 0 Å². The van der Waals surface area contributed by atoms with Gasteiger partial charge < -0.3 is 11.1 Å². The molecule has 0 aliphatic rings. The molecule has 0 bridgehead atoms. The number of rotatable bonds is 2. The second kappa shape index (κ2) is 4.85. The Morgan fingerprint density at radius 1 is 1.35 bits per heavy atom. The molecular weight excluding hydrogens is 280 g/mol. The van der Waals surface area contributed by atoms with Gasteiger partial charge in [-0.1, -0.05) is 12.1 Å². The molecule has 0 unspecified atom stereocenters. The summed E-state index contributed by atoms with van der Waals surface area (Å²) in [6.07, 6.45) is 1.51. The number of nitrogens with one attached hydrogen (secondary N) is 1. The Morgan fingerprint density at radius 3 is 2.82 bits per heavy atom. The normalized spacial score (nSPS) is 9.65. The van der Waals surface area contributed by atoms with Crippen LogP contribution in [0.15, 0.2) is 41.0 Å². The smallest absolute Gasteiger partial charge is 0.148 e. The Kier molecular flexibility index (Phi) is 3.26. The molecule has 0 fully saturated rings. The van der Waals surface area contributed by atoms with Gasteiger partial charge in [-0.15, -0.1) is 0 Å². The summed E-state index contributed by atoms with van der Waals surface area (Å²) in [5.74, 6) is 0.494. The van der Waals surface area contributed by atoms with Gasteiger partial charge in [0.15, 0.2) is 0 Å². The number of nitrogens with two attached hydrogens (primary N) is 1. The third-order valence-corrected chi connectivity index (χ3v) is 2.85. The van der Waals surface area contributed by atoms with Gasteiger partial charge >= 0.3 is 0 Å². The number of pyridine rings is 1. The van der Waals surface area contributed by atoms with Gasteiger partial charge in [-0.05, 0) is 34.1 Å². The number of hydrogen-bond donors (Lipinski definition) is 2. The summed E-state index contributed by atoms with van der Waals surface area (Å²) >= 11 is 3.42. The molecule has 0 aliphatic carbocycles. The first kappa shape index (κ1) is 11.4. The fourth-order valence-corrected chi connectivity index (χ4v) is 1.74. The Hall–Kier alpha value is -2.06. The number of halogens is 1. The van der Waals surface area contributed by atoms with E-state index in [2.05, 4.69) is 32.3 Å². The first-order chi connectivity index (χ1) is 8.20. The van der Waals surface area contributed by atoms with Crippen molar-refractivity contribution in [1.29, 1.82) is 5.26 Å². The lowest BCUT2D eigenvalue weighted by atomic mass is 10.2. The highest BCUT2D eigenvalue weighted by atomic mass is 79.9. The van der Waals surface area contributed by atoms with Crippen molar-refractivity contribution in [1.82, 2.24) is 4.98 Å². The zero-order chi connectivity index (χ0) is 12.3. The van der Waals surface area contributed by atoms with Gasteiger partial charge in [0.05, 0.1) is 23.1 Å². The Balaban J connectivity index is 2.37. The number of aromatic nitrogens is 1. The Morgan fingerprint density at radius 2 is 2.12 bits per heavy atom. The van der Waals surface area contributed by atoms with Crippen LogP contribution in [-0.4, -0.2) is 4.98 Å². The number of nitrogen functional groups attached to an aromatic ring is 1. The summed E-state index contributed by atoms with van der Waals surface area (Å²) in [7, 11) is 0. The Bertz CT molecular complexity index is 589. The second-order valence-electron chi connectivity index (χ2n) is 3.38. The molecule has 2 aromatic rings. The van der Waals surface area contributed by atoms with Gasteiger partial charge in [-0.3, -0.25) is 0 Å². The highest BCUT2D eigenvalue weighted by Gasteiger charge is 2.06. The van der Waals surface area contributed by atoms with Crippen molar-refractivity contribution in [3.8, 4) is 6.07 Å². The van der Waals surface area contributed by atoms with Crippen molar-refractivity contribution >= 4 is 33.1 Å². The van der Waals surface area contributed by atoms with Crippen molar-refractivity contribution in [2.45, 2.75) is 0 Å². The van der Waals surface area contributed by atoms with Gasteiger partial charge in [-0.25, -0.2) is 4.98 Å². The van der Waals surface area contributed by atoms with Crippen LogP contribution >= 0.6 is 15.9 Å². The second-order valence-corrected chi connectivity index (χ2v) is 4.24. The van der Waals surface area contributed by atoms with Gasteiger partial charge in [-0.2, -0.15) is 5.26 Å².